The van der Waals surface area contributed by atoms with Crippen molar-refractivity contribution in [1.29, 1.82) is 0 Å². The molecule has 19 heavy (non-hydrogen) atoms. The maximum absolute atomic E-state index is 12.1. The lowest BCUT2D eigenvalue weighted by atomic mass is 9.91. The van der Waals surface area contributed by atoms with Crippen LogP contribution in [-0.2, 0) is 4.79 Å². The van der Waals surface area contributed by atoms with Crippen LogP contribution in [0.1, 0.15) is 44.9 Å². The molecule has 3 aliphatic heterocycles. The van der Waals surface area contributed by atoms with Gasteiger partial charge in [-0.05, 0) is 58.0 Å². The van der Waals surface area contributed by atoms with Crippen molar-refractivity contribution < 1.29 is 4.79 Å². The Kier molecular flexibility index (Phi) is 4.08. The first-order chi connectivity index (χ1) is 9.24. The van der Waals surface area contributed by atoms with Gasteiger partial charge in [0.1, 0.15) is 0 Å². The highest BCUT2D eigenvalue weighted by Crippen LogP contribution is 2.36. The Morgan fingerprint density at radius 3 is 2.58 bits per heavy atom. The molecule has 3 aliphatic rings. The van der Waals surface area contributed by atoms with Gasteiger partial charge in [-0.2, -0.15) is 0 Å². The van der Waals surface area contributed by atoms with Crippen LogP contribution in [0.4, 0.5) is 0 Å². The minimum atomic E-state index is 0.0664. The van der Waals surface area contributed by atoms with E-state index in [-0.39, 0.29) is 11.9 Å². The Labute approximate surface area is 116 Å². The normalized spacial score (nSPS) is 39.2. The summed E-state index contributed by atoms with van der Waals surface area (Å²) in [5.41, 5.74) is 0. The van der Waals surface area contributed by atoms with Crippen molar-refractivity contribution in [3.05, 3.63) is 0 Å². The molecule has 0 aliphatic carbocycles. The van der Waals surface area contributed by atoms with Crippen molar-refractivity contribution in [2.24, 2.45) is 5.92 Å². The molecule has 3 heterocycles. The van der Waals surface area contributed by atoms with Crippen molar-refractivity contribution in [2.45, 2.75) is 63.1 Å². The third-order valence-corrected chi connectivity index (χ3v) is 5.39. The van der Waals surface area contributed by atoms with Gasteiger partial charge in [-0.25, -0.2) is 0 Å². The van der Waals surface area contributed by atoms with Crippen LogP contribution < -0.4 is 10.6 Å². The zero-order chi connectivity index (χ0) is 13.2. The molecule has 0 radical (unpaired) electrons. The summed E-state index contributed by atoms with van der Waals surface area (Å²) in [5, 5.41) is 6.51. The molecule has 0 aromatic carbocycles. The second-order valence-electron chi connectivity index (χ2n) is 6.64. The van der Waals surface area contributed by atoms with Crippen LogP contribution in [0.15, 0.2) is 0 Å². The summed E-state index contributed by atoms with van der Waals surface area (Å²) >= 11 is 0. The van der Waals surface area contributed by atoms with Crippen molar-refractivity contribution in [3.8, 4) is 0 Å². The quantitative estimate of drug-likeness (QED) is 0.804. The van der Waals surface area contributed by atoms with E-state index in [1.54, 1.807) is 0 Å². The largest absolute Gasteiger partial charge is 0.354 e. The molecular formula is C15H27N3O. The van der Waals surface area contributed by atoms with Gasteiger partial charge in [-0.3, -0.25) is 4.79 Å². The fraction of sp³-hybridized carbons (Fsp3) is 0.933. The molecule has 0 saturated carbocycles. The molecule has 4 heteroatoms. The summed E-state index contributed by atoms with van der Waals surface area (Å²) in [4.78, 5) is 14.7. The smallest absolute Gasteiger partial charge is 0.237 e. The fourth-order valence-corrected chi connectivity index (χ4v) is 4.13. The van der Waals surface area contributed by atoms with Gasteiger partial charge in [0.2, 0.25) is 5.91 Å². The molecule has 3 atom stereocenters. The number of amides is 1. The Morgan fingerprint density at radius 2 is 1.95 bits per heavy atom. The van der Waals surface area contributed by atoms with E-state index >= 15 is 0 Å². The molecule has 2 unspecified atom stereocenters. The number of carbonyl (C=O) groups excluding carboxylic acids is 1. The molecule has 4 nitrogen and oxygen atoms in total. The molecular weight excluding hydrogens is 238 g/mol. The van der Waals surface area contributed by atoms with Crippen molar-refractivity contribution in [1.82, 2.24) is 15.5 Å². The third kappa shape index (κ3) is 2.95. The lowest BCUT2D eigenvalue weighted by Gasteiger charge is -2.36. The van der Waals surface area contributed by atoms with E-state index in [1.807, 2.05) is 0 Å². The van der Waals surface area contributed by atoms with Gasteiger partial charge in [0.25, 0.3) is 0 Å². The minimum Gasteiger partial charge on any atom is -0.354 e. The van der Waals surface area contributed by atoms with Crippen molar-refractivity contribution >= 4 is 5.91 Å². The topological polar surface area (TPSA) is 44.4 Å². The molecule has 3 saturated heterocycles. The van der Waals surface area contributed by atoms with Gasteiger partial charge in [-0.1, -0.05) is 6.42 Å². The van der Waals surface area contributed by atoms with Crippen LogP contribution in [0.5, 0.6) is 0 Å². The zero-order valence-electron chi connectivity index (χ0n) is 12.0. The van der Waals surface area contributed by atoms with Gasteiger partial charge in [-0.15, -0.1) is 0 Å². The summed E-state index contributed by atoms with van der Waals surface area (Å²) in [6.45, 7) is 1.88. The fourth-order valence-electron chi connectivity index (χ4n) is 4.13. The molecule has 2 N–H and O–H groups in total. The van der Waals surface area contributed by atoms with E-state index < -0.39 is 0 Å². The predicted molar refractivity (Wildman–Crippen MR) is 75.9 cm³/mol. The SMILES string of the molecule is CN1C2CCC1CC(CNC(=O)[C@@H]1CCCCN1)C2. The van der Waals surface area contributed by atoms with Crippen LogP contribution >= 0.6 is 0 Å². The highest BCUT2D eigenvalue weighted by atomic mass is 16.2. The molecule has 3 fully saturated rings. The van der Waals surface area contributed by atoms with E-state index in [1.165, 1.54) is 38.5 Å². The lowest BCUT2D eigenvalue weighted by Crippen LogP contribution is -2.49. The number of nitrogens with one attached hydrogen (secondary N) is 2. The molecule has 0 spiro atoms. The second kappa shape index (κ2) is 5.80. The first kappa shape index (κ1) is 13.4. The van der Waals surface area contributed by atoms with Gasteiger partial charge in [0.15, 0.2) is 0 Å². The van der Waals surface area contributed by atoms with Crippen LogP contribution in [0.25, 0.3) is 0 Å². The van der Waals surface area contributed by atoms with Crippen LogP contribution in [-0.4, -0.2) is 49.1 Å². The van der Waals surface area contributed by atoms with E-state index in [0.29, 0.717) is 5.92 Å². The van der Waals surface area contributed by atoms with Gasteiger partial charge in [0.05, 0.1) is 6.04 Å². The average Bonchev–Trinajstić information content (AvgIpc) is 2.68. The van der Waals surface area contributed by atoms with E-state index in [4.69, 9.17) is 0 Å². The molecule has 0 aromatic heterocycles. The Balaban J connectivity index is 1.44. The number of piperidine rings is 2. The van der Waals surface area contributed by atoms with Gasteiger partial charge < -0.3 is 15.5 Å². The highest BCUT2D eigenvalue weighted by molar-refractivity contribution is 5.81. The maximum Gasteiger partial charge on any atom is 0.237 e. The molecule has 2 bridgehead atoms. The number of hydrogen-bond donors (Lipinski definition) is 2. The second-order valence-corrected chi connectivity index (χ2v) is 6.64. The summed E-state index contributed by atoms with van der Waals surface area (Å²) < 4.78 is 0. The number of nitrogens with zero attached hydrogens (tertiary/aromatic N) is 1. The van der Waals surface area contributed by atoms with Gasteiger partial charge in [0, 0.05) is 18.6 Å². The van der Waals surface area contributed by atoms with Crippen LogP contribution in [0, 0.1) is 5.92 Å². The standard InChI is InChI=1S/C15H27N3O/c1-18-12-5-6-13(18)9-11(8-12)10-17-15(19)14-4-2-3-7-16-14/h11-14,16H,2-10H2,1H3,(H,17,19)/t11?,12?,13?,14-/m0/s1. The van der Waals surface area contributed by atoms with E-state index in [9.17, 15) is 4.79 Å². The Bertz CT molecular complexity index is 313. The molecule has 0 aromatic rings. The minimum absolute atomic E-state index is 0.0664. The summed E-state index contributed by atoms with van der Waals surface area (Å²) in [5.74, 6) is 0.923. The van der Waals surface area contributed by atoms with Crippen molar-refractivity contribution in [3.63, 3.8) is 0 Å². The number of fused-ring (bicyclic) bond motifs is 2. The van der Waals surface area contributed by atoms with E-state index in [2.05, 4.69) is 22.6 Å². The molecule has 3 rings (SSSR count). The highest BCUT2D eigenvalue weighted by Gasteiger charge is 2.38. The van der Waals surface area contributed by atoms with E-state index in [0.717, 1.165) is 31.6 Å². The molecule has 1 amide bonds. The summed E-state index contributed by atoms with van der Waals surface area (Å²) in [6.07, 6.45) is 8.65. The molecule has 108 valence electrons. The number of hydrogen-bond acceptors (Lipinski definition) is 3. The monoisotopic (exact) mass is 265 g/mol. The van der Waals surface area contributed by atoms with Crippen LogP contribution in [0.3, 0.4) is 0 Å². The Hall–Kier alpha value is -0.610. The average molecular weight is 265 g/mol. The summed E-state index contributed by atoms with van der Waals surface area (Å²) in [6, 6.07) is 1.61. The summed E-state index contributed by atoms with van der Waals surface area (Å²) in [7, 11) is 2.27. The zero-order valence-corrected chi connectivity index (χ0v) is 12.0. The number of carbonyl (C=O) groups is 1. The maximum atomic E-state index is 12.1. The van der Waals surface area contributed by atoms with Crippen LogP contribution in [0.2, 0.25) is 0 Å². The predicted octanol–water partition coefficient (Wildman–Crippen LogP) is 1.12. The first-order valence-electron chi connectivity index (χ1n) is 7.97. The van der Waals surface area contributed by atoms with Crippen molar-refractivity contribution in [2.75, 3.05) is 20.1 Å². The Morgan fingerprint density at radius 1 is 1.21 bits per heavy atom. The van der Waals surface area contributed by atoms with Gasteiger partial charge >= 0.3 is 0 Å². The third-order valence-electron chi connectivity index (χ3n) is 5.39. The lowest BCUT2D eigenvalue weighted by molar-refractivity contribution is -0.124. The first-order valence-corrected chi connectivity index (χ1v) is 7.97. The number of rotatable bonds is 3.